The van der Waals surface area contributed by atoms with Crippen LogP contribution in [-0.2, 0) is 5.88 Å². The highest BCUT2D eigenvalue weighted by molar-refractivity contribution is 14.1. The third kappa shape index (κ3) is 2.30. The van der Waals surface area contributed by atoms with Crippen molar-refractivity contribution in [2.45, 2.75) is 12.3 Å². The van der Waals surface area contributed by atoms with Crippen molar-refractivity contribution >= 4 is 34.2 Å². The van der Waals surface area contributed by atoms with Crippen LogP contribution in [0.15, 0.2) is 6.07 Å². The van der Waals surface area contributed by atoms with Gasteiger partial charge in [0.05, 0.1) is 17.1 Å². The van der Waals surface area contributed by atoms with Gasteiger partial charge in [-0.25, -0.2) is 13.8 Å². The molecule has 0 N–H and O–H groups in total. The Morgan fingerprint density at radius 2 is 2.29 bits per heavy atom. The number of nitriles is 1. The van der Waals surface area contributed by atoms with Crippen molar-refractivity contribution in [3.05, 3.63) is 26.6 Å². The van der Waals surface area contributed by atoms with Crippen LogP contribution in [0, 0.1) is 14.9 Å². The van der Waals surface area contributed by atoms with E-state index in [9.17, 15) is 8.78 Å². The minimum atomic E-state index is -2.69. The summed E-state index contributed by atoms with van der Waals surface area (Å²) < 4.78 is 25.3. The Bertz CT molecular complexity index is 390. The Kier molecular flexibility index (Phi) is 4.01. The van der Waals surface area contributed by atoms with Crippen molar-refractivity contribution in [3.63, 3.8) is 0 Å². The van der Waals surface area contributed by atoms with Gasteiger partial charge < -0.3 is 0 Å². The van der Waals surface area contributed by atoms with Gasteiger partial charge in [-0.2, -0.15) is 5.26 Å². The molecule has 6 heteroatoms. The van der Waals surface area contributed by atoms with Crippen LogP contribution in [0.3, 0.4) is 0 Å². The SMILES string of the molecule is N#Cc1nc(CCl)cc(I)c1C(F)F. The monoisotopic (exact) mass is 328 g/mol. The highest BCUT2D eigenvalue weighted by Gasteiger charge is 2.19. The van der Waals surface area contributed by atoms with Crippen molar-refractivity contribution in [2.24, 2.45) is 0 Å². The topological polar surface area (TPSA) is 36.7 Å². The van der Waals surface area contributed by atoms with E-state index in [1.807, 2.05) is 0 Å². The predicted molar refractivity (Wildman–Crippen MR) is 56.2 cm³/mol. The lowest BCUT2D eigenvalue weighted by Gasteiger charge is -2.06. The molecule has 1 rings (SSSR count). The van der Waals surface area contributed by atoms with Crippen molar-refractivity contribution in [1.82, 2.24) is 4.98 Å². The summed E-state index contributed by atoms with van der Waals surface area (Å²) in [5.74, 6) is 0.105. The second-order valence-electron chi connectivity index (χ2n) is 2.40. The van der Waals surface area contributed by atoms with E-state index in [0.717, 1.165) is 0 Å². The van der Waals surface area contributed by atoms with E-state index >= 15 is 0 Å². The van der Waals surface area contributed by atoms with Gasteiger partial charge in [0.1, 0.15) is 6.07 Å². The molecule has 0 bridgehead atoms. The third-order valence-electron chi connectivity index (χ3n) is 1.52. The Labute approximate surface area is 98.0 Å². The summed E-state index contributed by atoms with van der Waals surface area (Å²) in [6.45, 7) is 0. The van der Waals surface area contributed by atoms with E-state index in [1.165, 1.54) is 6.07 Å². The summed E-state index contributed by atoms with van der Waals surface area (Å²) in [6, 6.07) is 3.09. The highest BCUT2D eigenvalue weighted by atomic mass is 127. The second-order valence-corrected chi connectivity index (χ2v) is 3.83. The Hall–Kier alpha value is -0.480. The average molecular weight is 328 g/mol. The molecule has 14 heavy (non-hydrogen) atoms. The zero-order chi connectivity index (χ0) is 10.7. The van der Waals surface area contributed by atoms with E-state index in [2.05, 4.69) is 4.98 Å². The number of aromatic nitrogens is 1. The number of nitrogens with zero attached hydrogens (tertiary/aromatic N) is 2. The molecule has 1 heterocycles. The van der Waals surface area contributed by atoms with Crippen LogP contribution >= 0.6 is 34.2 Å². The van der Waals surface area contributed by atoms with Crippen molar-refractivity contribution in [3.8, 4) is 6.07 Å². The van der Waals surface area contributed by atoms with E-state index in [0.29, 0.717) is 9.26 Å². The fourth-order valence-corrected chi connectivity index (χ4v) is 1.92. The Balaban J connectivity index is 3.37. The fraction of sp³-hybridized carbons (Fsp3) is 0.250. The molecule has 0 unspecified atom stereocenters. The Morgan fingerprint density at radius 3 is 2.71 bits per heavy atom. The highest BCUT2D eigenvalue weighted by Crippen LogP contribution is 2.27. The van der Waals surface area contributed by atoms with Crippen LogP contribution in [0.4, 0.5) is 8.78 Å². The number of hydrogen-bond donors (Lipinski definition) is 0. The van der Waals surface area contributed by atoms with E-state index < -0.39 is 6.43 Å². The summed E-state index contributed by atoms with van der Waals surface area (Å²) in [7, 11) is 0. The summed E-state index contributed by atoms with van der Waals surface area (Å²) in [5, 5.41) is 8.62. The molecule has 0 atom stereocenters. The summed E-state index contributed by atoms with van der Waals surface area (Å²) in [4.78, 5) is 3.71. The van der Waals surface area contributed by atoms with Gasteiger partial charge in [-0.3, -0.25) is 0 Å². The lowest BCUT2D eigenvalue weighted by Crippen LogP contribution is -2.01. The van der Waals surface area contributed by atoms with Gasteiger partial charge in [-0.05, 0) is 28.7 Å². The van der Waals surface area contributed by atoms with Gasteiger partial charge in [-0.15, -0.1) is 11.6 Å². The number of hydrogen-bond acceptors (Lipinski definition) is 2. The molecule has 1 aromatic rings. The van der Waals surface area contributed by atoms with Gasteiger partial charge in [0.15, 0.2) is 5.69 Å². The average Bonchev–Trinajstić information content (AvgIpc) is 2.15. The van der Waals surface area contributed by atoms with Crippen LogP contribution in [0.2, 0.25) is 0 Å². The first-order valence-corrected chi connectivity index (χ1v) is 5.15. The number of alkyl halides is 3. The van der Waals surface area contributed by atoms with Gasteiger partial charge in [0.2, 0.25) is 0 Å². The van der Waals surface area contributed by atoms with Crippen LogP contribution in [0.5, 0.6) is 0 Å². The molecule has 0 aliphatic carbocycles. The molecule has 0 saturated heterocycles. The molecule has 0 aliphatic heterocycles. The lowest BCUT2D eigenvalue weighted by atomic mass is 10.2. The van der Waals surface area contributed by atoms with Gasteiger partial charge >= 0.3 is 0 Å². The summed E-state index contributed by atoms with van der Waals surface area (Å²) in [6.07, 6.45) is -2.69. The zero-order valence-electron chi connectivity index (χ0n) is 6.77. The van der Waals surface area contributed by atoms with E-state index in [1.54, 1.807) is 28.7 Å². The standard InChI is InChI=1S/C8H4ClF2IN2/c9-2-4-1-5(12)7(8(10)11)6(3-13)14-4/h1,8H,2H2. The van der Waals surface area contributed by atoms with Crippen molar-refractivity contribution in [2.75, 3.05) is 0 Å². The molecule has 74 valence electrons. The van der Waals surface area contributed by atoms with Gasteiger partial charge in [0, 0.05) is 3.57 Å². The maximum Gasteiger partial charge on any atom is 0.267 e. The number of rotatable bonds is 2. The first-order valence-electron chi connectivity index (χ1n) is 3.53. The quantitative estimate of drug-likeness (QED) is 0.617. The number of pyridine rings is 1. The third-order valence-corrected chi connectivity index (χ3v) is 2.69. The first kappa shape index (κ1) is 11.6. The lowest BCUT2D eigenvalue weighted by molar-refractivity contribution is 0.149. The molecule has 2 nitrogen and oxygen atoms in total. The normalized spacial score (nSPS) is 10.3. The van der Waals surface area contributed by atoms with Crippen LogP contribution in [0.25, 0.3) is 0 Å². The maximum absolute atomic E-state index is 12.5. The second kappa shape index (κ2) is 4.84. The summed E-state index contributed by atoms with van der Waals surface area (Å²) >= 11 is 7.24. The molecular weight excluding hydrogens is 324 g/mol. The van der Waals surface area contributed by atoms with Crippen LogP contribution in [-0.4, -0.2) is 4.98 Å². The molecular formula is C8H4ClF2IN2. The Morgan fingerprint density at radius 1 is 1.64 bits per heavy atom. The van der Waals surface area contributed by atoms with Crippen LogP contribution < -0.4 is 0 Å². The number of halogens is 4. The largest absolute Gasteiger partial charge is 0.267 e. The molecule has 0 fully saturated rings. The van der Waals surface area contributed by atoms with E-state index in [-0.39, 0.29) is 17.1 Å². The van der Waals surface area contributed by atoms with Crippen molar-refractivity contribution in [1.29, 1.82) is 5.26 Å². The van der Waals surface area contributed by atoms with E-state index in [4.69, 9.17) is 16.9 Å². The molecule has 0 amide bonds. The molecule has 1 aromatic heterocycles. The van der Waals surface area contributed by atoms with Gasteiger partial charge in [0.25, 0.3) is 6.43 Å². The van der Waals surface area contributed by atoms with Crippen molar-refractivity contribution < 1.29 is 8.78 Å². The van der Waals surface area contributed by atoms with Crippen LogP contribution in [0.1, 0.15) is 23.4 Å². The minimum Gasteiger partial charge on any atom is -0.240 e. The predicted octanol–water partition coefficient (Wildman–Crippen LogP) is 3.23. The molecule has 0 radical (unpaired) electrons. The molecule has 0 aromatic carbocycles. The molecule has 0 aliphatic rings. The fourth-order valence-electron chi connectivity index (χ4n) is 0.935. The first-order chi connectivity index (χ1) is 6.60. The molecule has 0 spiro atoms. The smallest absolute Gasteiger partial charge is 0.240 e. The molecule has 0 saturated carbocycles. The minimum absolute atomic E-state index is 0.105. The zero-order valence-corrected chi connectivity index (χ0v) is 9.68. The summed E-state index contributed by atoms with van der Waals surface area (Å²) in [5.41, 5.74) is -0.137. The van der Waals surface area contributed by atoms with Gasteiger partial charge in [-0.1, -0.05) is 0 Å². The maximum atomic E-state index is 12.5.